The predicted octanol–water partition coefficient (Wildman–Crippen LogP) is 3.92. The predicted molar refractivity (Wildman–Crippen MR) is 81.9 cm³/mol. The van der Waals surface area contributed by atoms with Crippen LogP contribution in [0.2, 0.25) is 5.02 Å². The molecule has 20 heavy (non-hydrogen) atoms. The number of nitrogens with one attached hydrogen (secondary N) is 1. The van der Waals surface area contributed by atoms with Crippen molar-refractivity contribution in [1.29, 1.82) is 0 Å². The normalized spacial score (nSPS) is 10.9. The summed E-state index contributed by atoms with van der Waals surface area (Å²) in [7, 11) is 0. The fraction of sp³-hybridized carbons (Fsp3) is 0.143. The van der Waals surface area contributed by atoms with Gasteiger partial charge < -0.3 is 5.32 Å². The molecule has 3 aromatic rings. The lowest BCUT2D eigenvalue weighted by molar-refractivity contribution is 0.102. The van der Waals surface area contributed by atoms with Gasteiger partial charge in [-0.1, -0.05) is 17.7 Å². The number of amides is 1. The second-order valence-corrected chi connectivity index (χ2v) is 5.89. The molecule has 3 rings (SSSR count). The smallest absolute Gasteiger partial charge is 0.275 e. The molecule has 1 N–H and O–H groups in total. The van der Waals surface area contributed by atoms with E-state index in [4.69, 9.17) is 11.6 Å². The molecule has 0 aliphatic rings. The van der Waals surface area contributed by atoms with E-state index in [-0.39, 0.29) is 5.91 Å². The van der Waals surface area contributed by atoms with Crippen molar-refractivity contribution in [3.8, 4) is 0 Å². The molecule has 0 atom stereocenters. The molecular weight excluding hydrogens is 294 g/mol. The lowest BCUT2D eigenvalue weighted by atomic mass is 10.1. The zero-order valence-corrected chi connectivity index (χ0v) is 12.5. The van der Waals surface area contributed by atoms with Crippen LogP contribution in [0, 0.1) is 13.8 Å². The zero-order chi connectivity index (χ0) is 14.3. The van der Waals surface area contributed by atoms with E-state index < -0.39 is 0 Å². The van der Waals surface area contributed by atoms with Crippen molar-refractivity contribution in [2.24, 2.45) is 0 Å². The summed E-state index contributed by atoms with van der Waals surface area (Å²) in [5, 5.41) is 5.29. The number of thiazole rings is 1. The molecule has 0 saturated heterocycles. The Hall–Kier alpha value is -1.85. The fourth-order valence-electron chi connectivity index (χ4n) is 2.09. The van der Waals surface area contributed by atoms with Gasteiger partial charge in [0.2, 0.25) is 0 Å². The zero-order valence-electron chi connectivity index (χ0n) is 11.0. The third kappa shape index (κ3) is 2.30. The van der Waals surface area contributed by atoms with Crippen LogP contribution >= 0.6 is 22.9 Å². The number of halogens is 1. The van der Waals surface area contributed by atoms with Crippen molar-refractivity contribution >= 4 is 39.5 Å². The summed E-state index contributed by atoms with van der Waals surface area (Å²) in [4.78, 5) is 17.3. The maximum absolute atomic E-state index is 12.2. The van der Waals surface area contributed by atoms with Crippen LogP contribution in [0.5, 0.6) is 0 Å². The van der Waals surface area contributed by atoms with Crippen molar-refractivity contribution in [1.82, 2.24) is 9.38 Å². The lowest BCUT2D eigenvalue weighted by Crippen LogP contribution is -2.13. The second kappa shape index (κ2) is 4.92. The quantitative estimate of drug-likeness (QED) is 0.780. The number of hydrogen-bond acceptors (Lipinski definition) is 3. The van der Waals surface area contributed by atoms with Gasteiger partial charge >= 0.3 is 0 Å². The number of rotatable bonds is 2. The van der Waals surface area contributed by atoms with E-state index in [0.29, 0.717) is 16.4 Å². The molecule has 0 bridgehead atoms. The molecule has 0 aliphatic carbocycles. The van der Waals surface area contributed by atoms with Gasteiger partial charge in [-0.25, -0.2) is 4.98 Å². The van der Waals surface area contributed by atoms with E-state index in [1.807, 2.05) is 42.0 Å². The van der Waals surface area contributed by atoms with E-state index in [1.165, 1.54) is 11.3 Å². The Morgan fingerprint density at radius 2 is 2.20 bits per heavy atom. The van der Waals surface area contributed by atoms with Gasteiger partial charge in [-0.2, -0.15) is 0 Å². The van der Waals surface area contributed by atoms with Crippen molar-refractivity contribution < 1.29 is 4.79 Å². The van der Waals surface area contributed by atoms with Crippen LogP contribution < -0.4 is 5.32 Å². The average molecular weight is 306 g/mol. The van der Waals surface area contributed by atoms with Gasteiger partial charge in [-0.15, -0.1) is 11.3 Å². The summed E-state index contributed by atoms with van der Waals surface area (Å²) in [5.74, 6) is -0.255. The SMILES string of the molecule is Cc1cc(C)c(NC(=O)c2cn3ccsc3n2)c(Cl)c1. The minimum absolute atomic E-state index is 0.255. The van der Waals surface area contributed by atoms with Crippen LogP contribution in [0.3, 0.4) is 0 Å². The topological polar surface area (TPSA) is 46.4 Å². The number of carbonyl (C=O) groups is 1. The molecule has 2 aromatic heterocycles. The molecule has 1 aromatic carbocycles. The molecule has 0 radical (unpaired) electrons. The van der Waals surface area contributed by atoms with Crippen LogP contribution in [0.4, 0.5) is 5.69 Å². The Bertz CT molecular complexity index is 754. The molecule has 102 valence electrons. The molecule has 0 fully saturated rings. The Balaban J connectivity index is 1.91. The van der Waals surface area contributed by atoms with Gasteiger partial charge in [0.25, 0.3) is 5.91 Å². The first-order chi connectivity index (χ1) is 9.54. The number of benzene rings is 1. The number of nitrogens with zero attached hydrogens (tertiary/aromatic N) is 2. The van der Waals surface area contributed by atoms with Crippen LogP contribution in [-0.2, 0) is 0 Å². The summed E-state index contributed by atoms with van der Waals surface area (Å²) in [5.41, 5.74) is 3.02. The number of fused-ring (bicyclic) bond motifs is 1. The third-order valence-corrected chi connectivity index (χ3v) is 4.06. The number of hydrogen-bond donors (Lipinski definition) is 1. The molecule has 0 aliphatic heterocycles. The Labute approximate surface area is 125 Å². The number of carbonyl (C=O) groups excluding carboxylic acids is 1. The highest BCUT2D eigenvalue weighted by Gasteiger charge is 2.14. The molecule has 0 unspecified atom stereocenters. The Morgan fingerprint density at radius 1 is 1.40 bits per heavy atom. The number of imidazole rings is 1. The third-order valence-electron chi connectivity index (χ3n) is 3.00. The summed E-state index contributed by atoms with van der Waals surface area (Å²) in [6.07, 6.45) is 3.58. The molecule has 0 saturated carbocycles. The monoisotopic (exact) mass is 305 g/mol. The van der Waals surface area contributed by atoms with Crippen molar-refractivity contribution in [2.45, 2.75) is 13.8 Å². The summed E-state index contributed by atoms with van der Waals surface area (Å²) in [6, 6.07) is 3.81. The minimum atomic E-state index is -0.255. The summed E-state index contributed by atoms with van der Waals surface area (Å²) < 4.78 is 1.82. The van der Waals surface area contributed by atoms with Gasteiger partial charge in [0.15, 0.2) is 4.96 Å². The van der Waals surface area contributed by atoms with Crippen molar-refractivity contribution in [3.05, 3.63) is 51.7 Å². The standard InChI is InChI=1S/C14H12ClN3OS/c1-8-5-9(2)12(10(15)6-8)17-13(19)11-7-18-3-4-20-14(18)16-11/h3-7H,1-2H3,(H,17,19). The van der Waals surface area contributed by atoms with Gasteiger partial charge in [0.05, 0.1) is 10.7 Å². The number of anilines is 1. The fourth-order valence-corrected chi connectivity index (χ4v) is 3.16. The van der Waals surface area contributed by atoms with Gasteiger partial charge in [-0.3, -0.25) is 9.20 Å². The highest BCUT2D eigenvalue weighted by molar-refractivity contribution is 7.15. The van der Waals surface area contributed by atoms with Gasteiger partial charge in [-0.05, 0) is 31.0 Å². The molecular formula is C14H12ClN3OS. The second-order valence-electron chi connectivity index (χ2n) is 4.61. The van der Waals surface area contributed by atoms with E-state index in [0.717, 1.165) is 16.1 Å². The summed E-state index contributed by atoms with van der Waals surface area (Å²) >= 11 is 7.67. The van der Waals surface area contributed by atoms with Crippen molar-refractivity contribution in [3.63, 3.8) is 0 Å². The van der Waals surface area contributed by atoms with Crippen molar-refractivity contribution in [2.75, 3.05) is 5.32 Å². The maximum atomic E-state index is 12.2. The molecule has 4 nitrogen and oxygen atoms in total. The van der Waals surface area contributed by atoms with Crippen LogP contribution in [0.1, 0.15) is 21.6 Å². The van der Waals surface area contributed by atoms with Crippen LogP contribution in [0.25, 0.3) is 4.96 Å². The largest absolute Gasteiger partial charge is 0.319 e. The first kappa shape index (κ1) is 13.1. The van der Waals surface area contributed by atoms with E-state index in [1.54, 1.807) is 6.20 Å². The molecule has 6 heteroatoms. The first-order valence-corrected chi connectivity index (χ1v) is 7.30. The minimum Gasteiger partial charge on any atom is -0.319 e. The molecule has 2 heterocycles. The van der Waals surface area contributed by atoms with E-state index in [2.05, 4.69) is 10.3 Å². The van der Waals surface area contributed by atoms with E-state index in [9.17, 15) is 4.79 Å². The lowest BCUT2D eigenvalue weighted by Gasteiger charge is -2.10. The van der Waals surface area contributed by atoms with E-state index >= 15 is 0 Å². The highest BCUT2D eigenvalue weighted by Crippen LogP contribution is 2.27. The number of aromatic nitrogens is 2. The highest BCUT2D eigenvalue weighted by atomic mass is 35.5. The summed E-state index contributed by atoms with van der Waals surface area (Å²) in [6.45, 7) is 3.88. The number of aryl methyl sites for hydroxylation is 2. The van der Waals surface area contributed by atoms with Crippen LogP contribution in [0.15, 0.2) is 29.9 Å². The molecule has 0 spiro atoms. The Morgan fingerprint density at radius 3 is 2.90 bits per heavy atom. The average Bonchev–Trinajstić information content (AvgIpc) is 2.93. The van der Waals surface area contributed by atoms with Crippen LogP contribution in [-0.4, -0.2) is 15.3 Å². The van der Waals surface area contributed by atoms with Gasteiger partial charge in [0.1, 0.15) is 5.69 Å². The maximum Gasteiger partial charge on any atom is 0.275 e. The first-order valence-electron chi connectivity index (χ1n) is 6.05. The van der Waals surface area contributed by atoms with Gasteiger partial charge in [0, 0.05) is 17.8 Å². The molecule has 1 amide bonds. The Kier molecular flexibility index (Phi) is 3.23.